The second-order valence-corrected chi connectivity index (χ2v) is 10.6. The third-order valence-electron chi connectivity index (χ3n) is 4.77. The van der Waals surface area contributed by atoms with Gasteiger partial charge >= 0.3 is 0 Å². The minimum absolute atomic E-state index is 0.0178. The maximum atomic E-state index is 13.1. The summed E-state index contributed by atoms with van der Waals surface area (Å²) in [5.74, 6) is 0.492. The van der Waals surface area contributed by atoms with E-state index in [4.69, 9.17) is 4.74 Å². The Labute approximate surface area is 186 Å². The van der Waals surface area contributed by atoms with Crippen LogP contribution in [0, 0.1) is 11.8 Å². The number of aromatic nitrogens is 2. The van der Waals surface area contributed by atoms with Gasteiger partial charge in [-0.3, -0.25) is 4.79 Å². The van der Waals surface area contributed by atoms with E-state index in [1.54, 1.807) is 34.9 Å². The molecule has 31 heavy (non-hydrogen) atoms. The Hall–Kier alpha value is -2.19. The second kappa shape index (κ2) is 11.4. The molecule has 1 amide bonds. The van der Waals surface area contributed by atoms with Gasteiger partial charge in [0, 0.05) is 26.6 Å². The van der Waals surface area contributed by atoms with Crippen molar-refractivity contribution in [2.45, 2.75) is 58.1 Å². The van der Waals surface area contributed by atoms with Gasteiger partial charge in [0.2, 0.25) is 20.9 Å². The fraction of sp³-hybridized carbons (Fsp3) is 0.565. The van der Waals surface area contributed by atoms with Crippen LogP contribution < -0.4 is 0 Å². The number of hydrogen-bond donors (Lipinski definition) is 0. The van der Waals surface area contributed by atoms with Gasteiger partial charge in [-0.2, -0.15) is 0 Å². The largest absolute Gasteiger partial charge is 0.383 e. The lowest BCUT2D eigenvalue weighted by molar-refractivity contribution is -0.133. The first-order valence-electron chi connectivity index (χ1n) is 10.7. The molecule has 0 aliphatic heterocycles. The van der Waals surface area contributed by atoms with Gasteiger partial charge < -0.3 is 14.2 Å². The van der Waals surface area contributed by atoms with Gasteiger partial charge in [0.15, 0.2) is 0 Å². The maximum Gasteiger partial charge on any atom is 0.228 e. The summed E-state index contributed by atoms with van der Waals surface area (Å²) in [5.41, 5.74) is 1.40. The number of methoxy groups -OCH3 is 1. The predicted molar refractivity (Wildman–Crippen MR) is 121 cm³/mol. The average Bonchev–Trinajstić information content (AvgIpc) is 3.08. The van der Waals surface area contributed by atoms with Crippen molar-refractivity contribution >= 4 is 15.7 Å². The van der Waals surface area contributed by atoms with E-state index in [0.29, 0.717) is 49.8 Å². The lowest BCUT2D eigenvalue weighted by Gasteiger charge is -2.26. The Balaban J connectivity index is 2.36. The summed E-state index contributed by atoms with van der Waals surface area (Å²) in [4.78, 5) is 18.9. The Morgan fingerprint density at radius 3 is 2.39 bits per heavy atom. The minimum atomic E-state index is -3.66. The van der Waals surface area contributed by atoms with Gasteiger partial charge in [0.25, 0.3) is 0 Å². The van der Waals surface area contributed by atoms with Crippen molar-refractivity contribution in [3.8, 4) is 0 Å². The number of imidazole rings is 1. The van der Waals surface area contributed by atoms with Crippen LogP contribution in [-0.2, 0) is 38.2 Å². The number of amides is 1. The molecule has 0 aliphatic rings. The van der Waals surface area contributed by atoms with Gasteiger partial charge in [0.1, 0.15) is 0 Å². The van der Waals surface area contributed by atoms with Crippen LogP contribution in [0.4, 0.5) is 0 Å². The summed E-state index contributed by atoms with van der Waals surface area (Å²) in [6, 6.07) is 9.06. The van der Waals surface area contributed by atoms with Crippen LogP contribution in [0.25, 0.3) is 0 Å². The molecule has 1 aromatic heterocycles. The smallest absolute Gasteiger partial charge is 0.228 e. The highest BCUT2D eigenvalue weighted by Gasteiger charge is 2.26. The lowest BCUT2D eigenvalue weighted by Crippen LogP contribution is -2.35. The molecular formula is C23H35N3O4S. The third kappa shape index (κ3) is 7.47. The predicted octanol–water partition coefficient (Wildman–Crippen LogP) is 3.53. The quantitative estimate of drug-likeness (QED) is 0.495. The first kappa shape index (κ1) is 25.1. The van der Waals surface area contributed by atoms with E-state index in [9.17, 15) is 13.2 Å². The summed E-state index contributed by atoms with van der Waals surface area (Å²) < 4.78 is 33.2. The molecule has 0 atom stereocenters. The lowest BCUT2D eigenvalue weighted by atomic mass is 10.1. The third-order valence-corrected chi connectivity index (χ3v) is 6.37. The molecule has 0 radical (unpaired) electrons. The molecule has 172 valence electrons. The van der Waals surface area contributed by atoms with Crippen LogP contribution in [0.2, 0.25) is 0 Å². The summed E-state index contributed by atoms with van der Waals surface area (Å²) in [5, 5.41) is 0.0178. The minimum Gasteiger partial charge on any atom is -0.383 e. The van der Waals surface area contributed by atoms with Crippen molar-refractivity contribution in [1.82, 2.24) is 14.5 Å². The topological polar surface area (TPSA) is 81.5 Å². The highest BCUT2D eigenvalue weighted by molar-refractivity contribution is 7.90. The van der Waals surface area contributed by atoms with Gasteiger partial charge in [0.05, 0.1) is 30.8 Å². The summed E-state index contributed by atoms with van der Waals surface area (Å²) in [6.45, 7) is 9.78. The molecule has 7 nitrogen and oxygen atoms in total. The number of benzene rings is 1. The van der Waals surface area contributed by atoms with Crippen LogP contribution in [0.5, 0.6) is 0 Å². The fourth-order valence-electron chi connectivity index (χ4n) is 3.42. The highest BCUT2D eigenvalue weighted by Crippen LogP contribution is 2.20. The molecule has 0 N–H and O–H groups in total. The van der Waals surface area contributed by atoms with Crippen LogP contribution in [0.1, 0.15) is 45.4 Å². The van der Waals surface area contributed by atoms with Crippen LogP contribution >= 0.6 is 0 Å². The molecular weight excluding hydrogens is 414 g/mol. The van der Waals surface area contributed by atoms with Crippen LogP contribution in [0.3, 0.4) is 0 Å². The molecule has 0 saturated heterocycles. The van der Waals surface area contributed by atoms with Crippen LogP contribution in [0.15, 0.2) is 41.7 Å². The number of nitrogens with zero attached hydrogens (tertiary/aromatic N) is 3. The maximum absolute atomic E-state index is 13.1. The number of ether oxygens (including phenoxy) is 1. The average molecular weight is 450 g/mol. The van der Waals surface area contributed by atoms with E-state index in [2.05, 4.69) is 18.8 Å². The van der Waals surface area contributed by atoms with Crippen molar-refractivity contribution in [3.05, 3.63) is 47.8 Å². The second-order valence-electron chi connectivity index (χ2n) is 8.69. The molecule has 0 fully saturated rings. The Bertz CT molecular complexity index is 937. The van der Waals surface area contributed by atoms with E-state index >= 15 is 0 Å². The number of rotatable bonds is 12. The highest BCUT2D eigenvalue weighted by atomic mass is 32.2. The monoisotopic (exact) mass is 449 g/mol. The Morgan fingerprint density at radius 1 is 1.13 bits per heavy atom. The summed E-state index contributed by atoms with van der Waals surface area (Å²) >= 11 is 0. The molecule has 0 saturated carbocycles. The normalized spacial score (nSPS) is 12.0. The molecule has 8 heteroatoms. The van der Waals surface area contributed by atoms with Crippen molar-refractivity contribution in [2.75, 3.05) is 20.3 Å². The van der Waals surface area contributed by atoms with Crippen molar-refractivity contribution in [2.24, 2.45) is 11.8 Å². The zero-order valence-corrected chi connectivity index (χ0v) is 20.1. The number of carbonyl (C=O) groups excluding carboxylic acids is 1. The number of carbonyl (C=O) groups is 1. The fourth-order valence-corrected chi connectivity index (χ4v) is 4.93. The van der Waals surface area contributed by atoms with Gasteiger partial charge in [-0.05, 0) is 17.4 Å². The molecule has 0 bridgehead atoms. The Kier molecular flexibility index (Phi) is 9.25. The van der Waals surface area contributed by atoms with Crippen molar-refractivity contribution < 1.29 is 17.9 Å². The first-order valence-corrected chi connectivity index (χ1v) is 12.4. The van der Waals surface area contributed by atoms with E-state index in [1.807, 2.05) is 32.0 Å². The van der Waals surface area contributed by atoms with Crippen molar-refractivity contribution in [1.29, 1.82) is 0 Å². The zero-order chi connectivity index (χ0) is 23.0. The molecule has 2 aromatic rings. The van der Waals surface area contributed by atoms with E-state index in [0.717, 1.165) is 0 Å². The molecule has 1 heterocycles. The van der Waals surface area contributed by atoms with E-state index in [1.165, 1.54) is 0 Å². The SMILES string of the molecule is COCCn1c(CN(CC(C)C)C(=O)CC(C)C)cnc1S(=O)(=O)Cc1ccccc1. The Morgan fingerprint density at radius 2 is 1.81 bits per heavy atom. The molecule has 2 rings (SSSR count). The molecule has 1 aromatic carbocycles. The standard InChI is InChI=1S/C23H35N3O4S/c1-18(2)13-22(27)25(15-19(3)4)16-21-14-24-23(26(21)11-12-30-5)31(28,29)17-20-9-7-6-8-10-20/h6-10,14,18-19H,11-13,15-17H2,1-5H3. The number of hydrogen-bond acceptors (Lipinski definition) is 5. The molecule has 0 aliphatic carbocycles. The first-order chi connectivity index (χ1) is 14.6. The van der Waals surface area contributed by atoms with Gasteiger partial charge in [-0.15, -0.1) is 0 Å². The van der Waals surface area contributed by atoms with Gasteiger partial charge in [-0.25, -0.2) is 13.4 Å². The zero-order valence-electron chi connectivity index (χ0n) is 19.2. The van der Waals surface area contributed by atoms with E-state index < -0.39 is 9.84 Å². The number of sulfone groups is 1. The summed E-state index contributed by atoms with van der Waals surface area (Å²) in [7, 11) is -2.08. The van der Waals surface area contributed by atoms with E-state index in [-0.39, 0.29) is 22.7 Å². The van der Waals surface area contributed by atoms with Crippen LogP contribution in [-0.4, -0.2) is 49.0 Å². The van der Waals surface area contributed by atoms with Crippen molar-refractivity contribution in [3.63, 3.8) is 0 Å². The molecule has 0 unspecified atom stereocenters. The van der Waals surface area contributed by atoms with Gasteiger partial charge in [-0.1, -0.05) is 58.0 Å². The summed E-state index contributed by atoms with van der Waals surface area (Å²) in [6.07, 6.45) is 2.03. The molecule has 0 spiro atoms.